The second-order valence-electron chi connectivity index (χ2n) is 17.8. The van der Waals surface area contributed by atoms with Gasteiger partial charge >= 0.3 is 11.9 Å². The molecule has 15 nitrogen and oxygen atoms in total. The summed E-state index contributed by atoms with van der Waals surface area (Å²) < 4.78 is 55.0. The van der Waals surface area contributed by atoms with Crippen LogP contribution >= 0.6 is 0 Å². The van der Waals surface area contributed by atoms with Gasteiger partial charge in [-0.3, -0.25) is 14.4 Å². The van der Waals surface area contributed by atoms with E-state index in [1.807, 2.05) is 46.8 Å². The predicted octanol–water partition coefficient (Wildman–Crippen LogP) is 5.57. The van der Waals surface area contributed by atoms with E-state index in [9.17, 15) is 24.3 Å². The molecule has 3 heterocycles. The first-order valence-electron chi connectivity index (χ1n) is 22.3. The van der Waals surface area contributed by atoms with Gasteiger partial charge in [0, 0.05) is 111 Å². The molecular weight excluding hydrogens is 815 g/mol. The number of aliphatic hydroxyl groups is 1. The number of hydrogen-bond acceptors (Lipinski definition) is 14. The first-order chi connectivity index (χ1) is 29.9. The van der Waals surface area contributed by atoms with Crippen molar-refractivity contribution in [2.45, 2.75) is 154 Å². The van der Waals surface area contributed by atoms with E-state index in [-0.39, 0.29) is 36.2 Å². The van der Waals surface area contributed by atoms with Crippen molar-refractivity contribution >= 4 is 24.1 Å². The molecule has 15 heteroatoms. The van der Waals surface area contributed by atoms with Crippen LogP contribution in [-0.4, -0.2) is 150 Å². The summed E-state index contributed by atoms with van der Waals surface area (Å²) in [5.74, 6) is -3.19. The highest BCUT2D eigenvalue weighted by Crippen LogP contribution is 2.44. The van der Waals surface area contributed by atoms with Gasteiger partial charge in [-0.2, -0.15) is 0 Å². The van der Waals surface area contributed by atoms with Gasteiger partial charge in [-0.15, -0.1) is 0 Å². The molecule has 0 radical (unpaired) electrons. The Hall–Kier alpha value is -3.28. The van der Waals surface area contributed by atoms with Crippen molar-refractivity contribution in [1.29, 1.82) is 0 Å². The maximum absolute atomic E-state index is 13.8. The molecule has 1 saturated heterocycles. The summed E-state index contributed by atoms with van der Waals surface area (Å²) in [6.07, 6.45) is 9.72. The molecule has 1 N–H and O–H groups in total. The molecule has 1 fully saturated rings. The van der Waals surface area contributed by atoms with E-state index < -0.39 is 84.1 Å². The van der Waals surface area contributed by atoms with E-state index in [1.54, 1.807) is 67.9 Å². The topological polar surface area (TPSA) is 178 Å². The fraction of sp³-hybridized carbons (Fsp3) is 0.750. The number of amides is 1. The van der Waals surface area contributed by atoms with E-state index in [0.29, 0.717) is 50.7 Å². The quantitative estimate of drug-likeness (QED) is 0.0782. The monoisotopic (exact) mass is 892 g/mol. The number of fused-ring (bicyclic) bond motifs is 2. The second kappa shape index (κ2) is 26.0. The van der Waals surface area contributed by atoms with Gasteiger partial charge in [0.25, 0.3) is 0 Å². The number of hydrogen-bond donors (Lipinski definition) is 1. The van der Waals surface area contributed by atoms with Crippen LogP contribution in [0.1, 0.15) is 87.0 Å². The first-order valence-corrected chi connectivity index (χ1v) is 22.3. The number of ketones is 1. The number of allylic oxidation sites excluding steroid dienone is 2. The number of carbonyl (C=O) groups excluding carboxylic acids is 4. The third-order valence-electron chi connectivity index (χ3n) is 13.2. The number of Topliss-reactive ketones (excluding diaryl/α,β-unsaturated/α-hetero) is 1. The van der Waals surface area contributed by atoms with Crippen molar-refractivity contribution in [3.8, 4) is 0 Å². The second-order valence-corrected chi connectivity index (χ2v) is 17.8. The molecule has 0 aromatic carbocycles. The average Bonchev–Trinajstić information content (AvgIpc) is 4.07. The van der Waals surface area contributed by atoms with E-state index in [0.717, 1.165) is 0 Å². The highest BCUT2D eigenvalue weighted by molar-refractivity contribution is 5.82. The van der Waals surface area contributed by atoms with Crippen LogP contribution in [0.4, 0.5) is 0 Å². The minimum atomic E-state index is -0.997. The zero-order chi connectivity index (χ0) is 47.0. The van der Waals surface area contributed by atoms with Crippen molar-refractivity contribution in [1.82, 2.24) is 4.90 Å². The third kappa shape index (κ3) is 15.4. The summed E-state index contributed by atoms with van der Waals surface area (Å²) in [6.45, 7) is 13.0. The van der Waals surface area contributed by atoms with Crippen molar-refractivity contribution in [3.63, 3.8) is 0 Å². The zero-order valence-electron chi connectivity index (χ0n) is 39.9. The lowest BCUT2D eigenvalue weighted by Crippen LogP contribution is -2.50. The van der Waals surface area contributed by atoms with Gasteiger partial charge in [0.05, 0.1) is 55.4 Å². The number of carbonyl (C=O) groups is 4. The van der Waals surface area contributed by atoms with Gasteiger partial charge in [0.2, 0.25) is 6.41 Å². The molecule has 0 aromatic rings. The average molecular weight is 892 g/mol. The van der Waals surface area contributed by atoms with Crippen LogP contribution < -0.4 is 0 Å². The van der Waals surface area contributed by atoms with Gasteiger partial charge in [-0.05, 0) is 25.7 Å². The Morgan fingerprint density at radius 2 is 1.62 bits per heavy atom. The standard InChI is InChI=1S/C48H77NO14/c1-29-17-20-44(54)63-47(34(6)46(61-35(7)51)30(2)18-19-38(52)32(4)45(59-13)31(3)21-22-49(8)28-50)33(5)40(55-9)26-43(58-12)48(27-60-48)42(57-11)25-37-16-14-15-36(62-37)24-41(56-10)39(53)23-29/h14-15,17,20-23,28,30-34,36-37,39-43,45-47,53H,16,18-19,24-27H2,1-13H3/b20-17?,22-21+,29-23+/t30-,31-,32+,33-,34-,36-,37-,39-,40+,41+,42-,43-,45+,46-,47-,48+/m0/s1. The lowest BCUT2D eigenvalue weighted by Gasteiger charge is -2.40. The Kier molecular flexibility index (Phi) is 22.3. The number of rotatable bonds is 18. The maximum Gasteiger partial charge on any atom is 0.331 e. The van der Waals surface area contributed by atoms with Crippen molar-refractivity contribution in [2.75, 3.05) is 49.2 Å². The molecule has 3 aliphatic rings. The first kappa shape index (κ1) is 54.1. The molecule has 3 aliphatic heterocycles. The normalized spacial score (nSPS) is 33.5. The lowest BCUT2D eigenvalue weighted by molar-refractivity contribution is -0.169. The summed E-state index contributed by atoms with van der Waals surface area (Å²) in [4.78, 5) is 52.7. The number of esters is 2. The molecule has 0 unspecified atom stereocenters. The van der Waals surface area contributed by atoms with E-state index in [2.05, 4.69) is 6.08 Å². The van der Waals surface area contributed by atoms with Crippen LogP contribution in [0.5, 0.6) is 0 Å². The Morgan fingerprint density at radius 3 is 2.19 bits per heavy atom. The van der Waals surface area contributed by atoms with Gasteiger partial charge in [0.15, 0.2) is 0 Å². The van der Waals surface area contributed by atoms with Crippen molar-refractivity contribution in [2.24, 2.45) is 29.6 Å². The summed E-state index contributed by atoms with van der Waals surface area (Å²) >= 11 is 0. The molecule has 3 rings (SSSR count). The summed E-state index contributed by atoms with van der Waals surface area (Å²) in [5, 5.41) is 11.2. The number of epoxide rings is 1. The van der Waals surface area contributed by atoms with Crippen LogP contribution in [-0.2, 0) is 61.8 Å². The molecule has 0 aliphatic carbocycles. The fourth-order valence-electron chi connectivity index (χ4n) is 9.31. The SMILES string of the molecule is CO[C@@H]([C@H](C)C(=O)CC[C@H](C)[C@H](OC(C)=O)[C@H](C)[C@H]1OC(=O)C=C/C(C)=C/[C@H](O)[C@H](OC)C[C@@H]2C=CC[C@@H](C[C@H](OC)[C@]3(CO3)[C@@H](OC)C[C@@H](OC)[C@@H]1C)O2)[C@@H](C)/C=C/N(C)C=O. The Morgan fingerprint density at radius 1 is 0.968 bits per heavy atom. The van der Waals surface area contributed by atoms with Crippen LogP contribution in [0.15, 0.2) is 48.2 Å². The highest BCUT2D eigenvalue weighted by Gasteiger charge is 2.59. The van der Waals surface area contributed by atoms with Gasteiger partial charge in [-0.25, -0.2) is 4.79 Å². The number of cyclic esters (lactones) is 1. The van der Waals surface area contributed by atoms with E-state index >= 15 is 0 Å². The fourth-order valence-corrected chi connectivity index (χ4v) is 9.31. The molecule has 1 amide bonds. The van der Waals surface area contributed by atoms with Gasteiger partial charge < -0.3 is 52.6 Å². The smallest absolute Gasteiger partial charge is 0.331 e. The maximum atomic E-state index is 13.8. The molecule has 0 aromatic heterocycles. The Labute approximate surface area is 375 Å². The molecule has 1 spiro atoms. The number of ether oxygens (including phenoxy) is 9. The Bertz CT molecular complexity index is 1580. The minimum absolute atomic E-state index is 0.0215. The molecule has 2 bridgehead atoms. The summed E-state index contributed by atoms with van der Waals surface area (Å²) in [6, 6.07) is 0. The molecule has 16 atom stereocenters. The zero-order valence-corrected chi connectivity index (χ0v) is 39.9. The lowest BCUT2D eigenvalue weighted by atomic mass is 9.78. The summed E-state index contributed by atoms with van der Waals surface area (Å²) in [7, 11) is 9.61. The Balaban J connectivity index is 2.00. The number of nitrogens with zero attached hydrogens (tertiary/aromatic N) is 1. The predicted molar refractivity (Wildman–Crippen MR) is 236 cm³/mol. The van der Waals surface area contributed by atoms with Gasteiger partial charge in [0.1, 0.15) is 23.6 Å². The number of aliphatic hydroxyl groups excluding tert-OH is 1. The van der Waals surface area contributed by atoms with Crippen LogP contribution in [0.25, 0.3) is 0 Å². The molecule has 63 heavy (non-hydrogen) atoms. The van der Waals surface area contributed by atoms with Crippen molar-refractivity contribution in [3.05, 3.63) is 48.2 Å². The van der Waals surface area contributed by atoms with Gasteiger partial charge in [-0.1, -0.05) is 70.6 Å². The van der Waals surface area contributed by atoms with E-state index in [4.69, 9.17) is 42.6 Å². The highest BCUT2D eigenvalue weighted by atomic mass is 16.6. The van der Waals surface area contributed by atoms with Crippen LogP contribution in [0.2, 0.25) is 0 Å². The molecule has 358 valence electrons. The largest absolute Gasteiger partial charge is 0.462 e. The number of methoxy groups -OCH3 is 5. The van der Waals surface area contributed by atoms with E-state index in [1.165, 1.54) is 17.9 Å². The summed E-state index contributed by atoms with van der Waals surface area (Å²) in [5.41, 5.74) is -0.184. The molecule has 0 saturated carbocycles. The minimum Gasteiger partial charge on any atom is -0.462 e. The van der Waals surface area contributed by atoms with Crippen LogP contribution in [0, 0.1) is 29.6 Å². The molecular formula is C48H77NO14. The third-order valence-corrected chi connectivity index (χ3v) is 13.2. The van der Waals surface area contributed by atoms with Crippen molar-refractivity contribution < 1.29 is 66.9 Å². The van der Waals surface area contributed by atoms with Crippen LogP contribution in [0.3, 0.4) is 0 Å².